The van der Waals surface area contributed by atoms with E-state index >= 15 is 0 Å². The Hall–Kier alpha value is -1.63. The molecule has 0 spiro atoms. The van der Waals surface area contributed by atoms with E-state index in [4.69, 9.17) is 10.6 Å². The van der Waals surface area contributed by atoms with Gasteiger partial charge in [-0.1, -0.05) is 25.1 Å². The third-order valence-electron chi connectivity index (χ3n) is 3.53. The summed E-state index contributed by atoms with van der Waals surface area (Å²) in [7, 11) is 0. The SMILES string of the molecule is CCCOc1ccccc1C1NNC(C)C1C(=O)NN. The Bertz CT molecular complexity index is 466. The second-order valence-electron chi connectivity index (χ2n) is 4.98. The topological polar surface area (TPSA) is 88.4 Å². The molecule has 3 unspecified atom stereocenters. The van der Waals surface area contributed by atoms with Crippen molar-refractivity contribution in [2.24, 2.45) is 11.8 Å². The standard InChI is InChI=1S/C14H22N4O2/c1-3-8-20-11-7-5-4-6-10(11)13-12(14(19)16-15)9(2)17-18-13/h4-7,9,12-13,17-18H,3,8,15H2,1-2H3,(H,16,19). The number of nitrogens with two attached hydrogens (primary N) is 1. The predicted molar refractivity (Wildman–Crippen MR) is 76.5 cm³/mol. The molecule has 0 aliphatic carbocycles. The molecule has 0 bridgehead atoms. The van der Waals surface area contributed by atoms with Crippen molar-refractivity contribution >= 4 is 5.91 Å². The average Bonchev–Trinajstić information content (AvgIpc) is 2.86. The fourth-order valence-corrected chi connectivity index (χ4v) is 2.52. The summed E-state index contributed by atoms with van der Waals surface area (Å²) in [6.07, 6.45) is 0.938. The zero-order valence-electron chi connectivity index (χ0n) is 11.8. The first kappa shape index (κ1) is 14.8. The number of nitrogens with one attached hydrogen (secondary N) is 3. The minimum atomic E-state index is -0.286. The van der Waals surface area contributed by atoms with Crippen LogP contribution in [0, 0.1) is 5.92 Å². The summed E-state index contributed by atoms with van der Waals surface area (Å²) in [4.78, 5) is 12.0. The quantitative estimate of drug-likeness (QED) is 0.360. The molecule has 5 N–H and O–H groups in total. The van der Waals surface area contributed by atoms with Crippen molar-refractivity contribution in [3.8, 4) is 5.75 Å². The highest BCUT2D eigenvalue weighted by molar-refractivity contribution is 5.80. The van der Waals surface area contributed by atoms with Gasteiger partial charge in [0.05, 0.1) is 18.6 Å². The van der Waals surface area contributed by atoms with Crippen LogP contribution in [0.3, 0.4) is 0 Å². The number of benzene rings is 1. The lowest BCUT2D eigenvalue weighted by atomic mass is 9.89. The summed E-state index contributed by atoms with van der Waals surface area (Å²) >= 11 is 0. The van der Waals surface area contributed by atoms with E-state index in [2.05, 4.69) is 23.2 Å². The van der Waals surface area contributed by atoms with Crippen molar-refractivity contribution in [1.82, 2.24) is 16.3 Å². The normalized spacial score (nSPS) is 25.4. The Morgan fingerprint density at radius 1 is 1.40 bits per heavy atom. The molecule has 20 heavy (non-hydrogen) atoms. The number of ether oxygens (including phenoxy) is 1. The summed E-state index contributed by atoms with van der Waals surface area (Å²) in [5, 5.41) is 0. The molecule has 1 heterocycles. The Kier molecular flexibility index (Phi) is 4.94. The maximum absolute atomic E-state index is 12.0. The first-order chi connectivity index (χ1) is 9.69. The van der Waals surface area contributed by atoms with Crippen LogP contribution in [0.15, 0.2) is 24.3 Å². The van der Waals surface area contributed by atoms with Crippen LogP contribution >= 0.6 is 0 Å². The van der Waals surface area contributed by atoms with Crippen LogP contribution in [0.1, 0.15) is 31.9 Å². The van der Waals surface area contributed by atoms with E-state index in [1.807, 2.05) is 31.2 Å². The van der Waals surface area contributed by atoms with E-state index in [1.54, 1.807) is 0 Å². The maximum atomic E-state index is 12.0. The van der Waals surface area contributed by atoms with Crippen LogP contribution in [0.2, 0.25) is 0 Å². The van der Waals surface area contributed by atoms with Crippen LogP contribution in [-0.4, -0.2) is 18.6 Å². The number of para-hydroxylation sites is 1. The van der Waals surface area contributed by atoms with Crippen LogP contribution in [0.25, 0.3) is 0 Å². The second kappa shape index (κ2) is 6.69. The third-order valence-corrected chi connectivity index (χ3v) is 3.53. The molecular formula is C14H22N4O2. The largest absolute Gasteiger partial charge is 0.493 e. The molecule has 110 valence electrons. The molecule has 1 aromatic rings. The number of rotatable bonds is 5. The zero-order chi connectivity index (χ0) is 14.5. The molecule has 0 saturated carbocycles. The minimum Gasteiger partial charge on any atom is -0.493 e. The van der Waals surface area contributed by atoms with Crippen molar-refractivity contribution in [2.45, 2.75) is 32.4 Å². The monoisotopic (exact) mass is 278 g/mol. The fraction of sp³-hybridized carbons (Fsp3) is 0.500. The van der Waals surface area contributed by atoms with Gasteiger partial charge in [-0.3, -0.25) is 15.6 Å². The summed E-state index contributed by atoms with van der Waals surface area (Å²) in [5.74, 6) is 5.61. The third kappa shape index (κ3) is 2.92. The fourth-order valence-electron chi connectivity index (χ4n) is 2.52. The number of hydrogen-bond acceptors (Lipinski definition) is 5. The lowest BCUT2D eigenvalue weighted by molar-refractivity contribution is -0.125. The molecule has 1 fully saturated rings. The van der Waals surface area contributed by atoms with Crippen LogP contribution in [0.5, 0.6) is 5.75 Å². The Morgan fingerprint density at radius 3 is 2.85 bits per heavy atom. The molecule has 1 aliphatic rings. The van der Waals surface area contributed by atoms with Crippen LogP contribution in [-0.2, 0) is 4.79 Å². The van der Waals surface area contributed by atoms with Gasteiger partial charge in [0.15, 0.2) is 0 Å². The molecule has 3 atom stereocenters. The molecule has 2 rings (SSSR count). The van der Waals surface area contributed by atoms with Gasteiger partial charge in [0.25, 0.3) is 0 Å². The van der Waals surface area contributed by atoms with Crippen LogP contribution in [0.4, 0.5) is 0 Å². The van der Waals surface area contributed by atoms with E-state index in [9.17, 15) is 4.79 Å². The van der Waals surface area contributed by atoms with E-state index in [0.717, 1.165) is 17.7 Å². The van der Waals surface area contributed by atoms with Gasteiger partial charge in [-0.2, -0.15) is 0 Å². The number of hydrazine groups is 2. The molecule has 6 nitrogen and oxygen atoms in total. The second-order valence-corrected chi connectivity index (χ2v) is 4.98. The lowest BCUT2D eigenvalue weighted by Gasteiger charge is -2.21. The van der Waals surface area contributed by atoms with Gasteiger partial charge in [0.2, 0.25) is 5.91 Å². The van der Waals surface area contributed by atoms with Crippen molar-refractivity contribution in [3.05, 3.63) is 29.8 Å². The van der Waals surface area contributed by atoms with Crippen molar-refractivity contribution in [2.75, 3.05) is 6.61 Å². The van der Waals surface area contributed by atoms with Gasteiger partial charge >= 0.3 is 0 Å². The van der Waals surface area contributed by atoms with E-state index in [0.29, 0.717) is 6.61 Å². The highest BCUT2D eigenvalue weighted by Gasteiger charge is 2.40. The molecular weight excluding hydrogens is 256 g/mol. The van der Waals surface area contributed by atoms with Gasteiger partial charge in [-0.25, -0.2) is 11.3 Å². The molecule has 6 heteroatoms. The summed E-state index contributed by atoms with van der Waals surface area (Å²) in [6, 6.07) is 7.59. The molecule has 1 aliphatic heterocycles. The Balaban J connectivity index is 2.27. The highest BCUT2D eigenvalue weighted by atomic mass is 16.5. The first-order valence-corrected chi connectivity index (χ1v) is 6.92. The van der Waals surface area contributed by atoms with E-state index < -0.39 is 0 Å². The number of amides is 1. The molecule has 0 radical (unpaired) electrons. The summed E-state index contributed by atoms with van der Waals surface area (Å²) in [5.41, 5.74) is 9.46. The smallest absolute Gasteiger partial charge is 0.240 e. The maximum Gasteiger partial charge on any atom is 0.240 e. The minimum absolute atomic E-state index is 0.0113. The average molecular weight is 278 g/mol. The van der Waals surface area contributed by atoms with Gasteiger partial charge in [0.1, 0.15) is 5.75 Å². The first-order valence-electron chi connectivity index (χ1n) is 6.92. The molecule has 0 aromatic heterocycles. The predicted octanol–water partition coefficient (Wildman–Crippen LogP) is 0.619. The number of carbonyl (C=O) groups excluding carboxylic acids is 1. The van der Waals surface area contributed by atoms with E-state index in [-0.39, 0.29) is 23.9 Å². The molecule has 1 aromatic carbocycles. The summed E-state index contributed by atoms with van der Waals surface area (Å²) in [6.45, 7) is 4.66. The zero-order valence-corrected chi connectivity index (χ0v) is 11.8. The van der Waals surface area contributed by atoms with E-state index in [1.165, 1.54) is 0 Å². The van der Waals surface area contributed by atoms with Crippen molar-refractivity contribution in [1.29, 1.82) is 0 Å². The summed E-state index contributed by atoms with van der Waals surface area (Å²) < 4.78 is 5.76. The number of hydrogen-bond donors (Lipinski definition) is 4. The number of carbonyl (C=O) groups is 1. The Morgan fingerprint density at radius 2 is 2.15 bits per heavy atom. The van der Waals surface area contributed by atoms with Gasteiger partial charge in [-0.15, -0.1) is 0 Å². The van der Waals surface area contributed by atoms with Gasteiger partial charge in [0, 0.05) is 11.6 Å². The lowest BCUT2D eigenvalue weighted by Crippen LogP contribution is -2.41. The van der Waals surface area contributed by atoms with Gasteiger partial charge < -0.3 is 4.74 Å². The van der Waals surface area contributed by atoms with Crippen molar-refractivity contribution in [3.63, 3.8) is 0 Å². The van der Waals surface area contributed by atoms with Crippen LogP contribution < -0.4 is 26.9 Å². The highest BCUT2D eigenvalue weighted by Crippen LogP contribution is 2.34. The molecule has 1 saturated heterocycles. The van der Waals surface area contributed by atoms with Gasteiger partial charge in [-0.05, 0) is 19.4 Å². The Labute approximate surface area is 119 Å². The van der Waals surface area contributed by atoms with Crippen molar-refractivity contribution < 1.29 is 9.53 Å². The molecule has 1 amide bonds.